The van der Waals surface area contributed by atoms with Crippen molar-refractivity contribution >= 4 is 70.6 Å². The van der Waals surface area contributed by atoms with Crippen LogP contribution in [0, 0.1) is 10.1 Å². The first-order valence-electron chi connectivity index (χ1n) is 11.9. The van der Waals surface area contributed by atoms with Gasteiger partial charge in [0.05, 0.1) is 27.4 Å². The number of anilines is 1. The third-order valence-corrected chi connectivity index (χ3v) is 9.17. The maximum atomic E-state index is 13.6. The van der Waals surface area contributed by atoms with E-state index in [9.17, 15) is 23.3 Å². The number of hydrogen-bond donors (Lipinski definition) is 0. The molecule has 0 N–H and O–H groups in total. The highest BCUT2D eigenvalue weighted by Crippen LogP contribution is 2.32. The van der Waals surface area contributed by atoms with Crippen LogP contribution in [0.2, 0.25) is 0 Å². The number of rotatable bonds is 9. The van der Waals surface area contributed by atoms with Gasteiger partial charge in [0.25, 0.3) is 5.91 Å². The van der Waals surface area contributed by atoms with Crippen molar-refractivity contribution in [3.05, 3.63) is 116 Å². The maximum Gasteiger partial charge on any atom is 0.433 e. The monoisotopic (exact) mass is 653 g/mol. The van der Waals surface area contributed by atoms with E-state index in [-0.39, 0.29) is 27.9 Å². The van der Waals surface area contributed by atoms with Crippen molar-refractivity contribution in [2.45, 2.75) is 11.4 Å². The van der Waals surface area contributed by atoms with Crippen LogP contribution in [0.3, 0.4) is 0 Å². The highest BCUT2D eigenvalue weighted by atomic mass is 79.9. The molecule has 0 spiro atoms. The predicted molar refractivity (Wildman–Crippen MR) is 159 cm³/mol. The van der Waals surface area contributed by atoms with Crippen LogP contribution in [-0.2, 0) is 16.6 Å². The minimum absolute atomic E-state index is 0.0234. The van der Waals surface area contributed by atoms with Crippen molar-refractivity contribution < 1.29 is 22.6 Å². The zero-order chi connectivity index (χ0) is 29.1. The van der Waals surface area contributed by atoms with Gasteiger partial charge in [0.2, 0.25) is 15.2 Å². The number of carbonyl (C=O) groups is 1. The molecule has 0 bridgehead atoms. The molecule has 2 heterocycles. The Morgan fingerprint density at radius 3 is 2.51 bits per heavy atom. The van der Waals surface area contributed by atoms with Crippen LogP contribution in [-0.4, -0.2) is 41.8 Å². The summed E-state index contributed by atoms with van der Waals surface area (Å²) in [6, 6.07) is 22.7. The van der Waals surface area contributed by atoms with Gasteiger partial charge < -0.3 is 4.42 Å². The summed E-state index contributed by atoms with van der Waals surface area (Å²) in [6.45, 7) is 0.186. The average Bonchev–Trinajstić information content (AvgIpc) is 3.61. The third kappa shape index (κ3) is 6.25. The number of thiazole rings is 1. The number of furan rings is 1. The summed E-state index contributed by atoms with van der Waals surface area (Å²) in [6.07, 6.45) is 1.17. The second-order valence-electron chi connectivity index (χ2n) is 8.67. The Morgan fingerprint density at radius 1 is 1.10 bits per heavy atom. The Labute approximate surface area is 246 Å². The van der Waals surface area contributed by atoms with Crippen molar-refractivity contribution in [2.75, 3.05) is 12.1 Å². The molecule has 0 saturated heterocycles. The van der Waals surface area contributed by atoms with E-state index in [2.05, 4.69) is 26.0 Å². The van der Waals surface area contributed by atoms with Crippen LogP contribution in [0.15, 0.2) is 104 Å². The van der Waals surface area contributed by atoms with E-state index in [1.54, 1.807) is 6.07 Å². The zero-order valence-corrected chi connectivity index (χ0v) is 24.5. The van der Waals surface area contributed by atoms with Gasteiger partial charge in [-0.1, -0.05) is 57.6 Å². The first-order chi connectivity index (χ1) is 19.6. The molecular weight excluding hydrogens is 634 g/mol. The fourth-order valence-electron chi connectivity index (χ4n) is 3.79. The fraction of sp³-hybridized carbons (Fsp3) is 0.0741. The van der Waals surface area contributed by atoms with Crippen molar-refractivity contribution in [3.63, 3.8) is 0 Å². The van der Waals surface area contributed by atoms with E-state index >= 15 is 0 Å². The lowest BCUT2D eigenvalue weighted by molar-refractivity contribution is -0.402. The molecule has 14 heteroatoms. The van der Waals surface area contributed by atoms with E-state index in [1.807, 2.05) is 42.5 Å². The summed E-state index contributed by atoms with van der Waals surface area (Å²) < 4.78 is 34.3. The number of sulfonamides is 1. The van der Waals surface area contributed by atoms with Gasteiger partial charge in [0, 0.05) is 23.6 Å². The quantitative estimate of drug-likeness (QED) is 0.107. The average molecular weight is 655 g/mol. The molecule has 0 unspecified atom stereocenters. The van der Waals surface area contributed by atoms with Crippen LogP contribution in [0.25, 0.3) is 10.2 Å². The minimum atomic E-state index is -3.83. The summed E-state index contributed by atoms with van der Waals surface area (Å²) in [4.78, 5) is 28.5. The fourth-order valence-corrected chi connectivity index (χ4v) is 6.42. The van der Waals surface area contributed by atoms with Gasteiger partial charge in [-0.15, -0.1) is 0 Å². The minimum Gasteiger partial charge on any atom is -0.400 e. The largest absolute Gasteiger partial charge is 0.433 e. The van der Waals surface area contributed by atoms with Crippen LogP contribution in [0.4, 0.5) is 11.0 Å². The molecule has 0 aliphatic rings. The molecule has 2 aromatic heterocycles. The first-order valence-corrected chi connectivity index (χ1v) is 15.0. The molecule has 0 aliphatic carbocycles. The second-order valence-corrected chi connectivity index (χ2v) is 12.6. The summed E-state index contributed by atoms with van der Waals surface area (Å²) in [5, 5.41) is 16.5. The number of nitro groups is 1. The molecule has 3 aromatic carbocycles. The van der Waals surface area contributed by atoms with Gasteiger partial charge in [-0.05, 0) is 54.1 Å². The number of amides is 1. The zero-order valence-electron chi connectivity index (χ0n) is 21.2. The molecule has 0 atom stereocenters. The number of halogens is 1. The number of nitrogens with zero attached hydrogens (tertiary/aromatic N) is 5. The Hall–Kier alpha value is -4.24. The van der Waals surface area contributed by atoms with Gasteiger partial charge in [-0.25, -0.2) is 13.4 Å². The lowest BCUT2D eigenvalue weighted by Gasteiger charge is -2.18. The molecule has 41 heavy (non-hydrogen) atoms. The molecule has 5 aromatic rings. The predicted octanol–water partition coefficient (Wildman–Crippen LogP) is 6.06. The molecule has 1 amide bonds. The molecule has 0 radical (unpaired) electrons. The Kier molecular flexibility index (Phi) is 8.08. The lowest BCUT2D eigenvalue weighted by atomic mass is 10.2. The summed E-state index contributed by atoms with van der Waals surface area (Å²) in [5.41, 5.74) is 1.62. The third-order valence-electron chi connectivity index (χ3n) is 5.86. The Bertz CT molecular complexity index is 1870. The highest BCUT2D eigenvalue weighted by Gasteiger charge is 2.25. The number of carbonyl (C=O) groups excluding carboxylic acids is 1. The van der Waals surface area contributed by atoms with Crippen LogP contribution in [0.1, 0.15) is 21.7 Å². The number of benzene rings is 3. The lowest BCUT2D eigenvalue weighted by Crippen LogP contribution is -2.27. The molecule has 11 nitrogen and oxygen atoms in total. The van der Waals surface area contributed by atoms with Crippen LogP contribution in [0.5, 0.6) is 0 Å². The number of hydrogen-bond acceptors (Lipinski definition) is 9. The molecule has 0 fully saturated rings. The number of fused-ring (bicyclic) bond motifs is 1. The Morgan fingerprint density at radius 2 is 1.83 bits per heavy atom. The van der Waals surface area contributed by atoms with Gasteiger partial charge in [-0.2, -0.15) is 14.4 Å². The van der Waals surface area contributed by atoms with E-state index in [0.29, 0.717) is 5.52 Å². The molecular formula is C27H20BrN5O6S2. The van der Waals surface area contributed by atoms with Gasteiger partial charge in [0.15, 0.2) is 5.76 Å². The van der Waals surface area contributed by atoms with Crippen molar-refractivity contribution in [1.29, 1.82) is 0 Å². The van der Waals surface area contributed by atoms with E-state index in [1.165, 1.54) is 65.3 Å². The van der Waals surface area contributed by atoms with E-state index in [0.717, 1.165) is 19.7 Å². The number of aromatic nitrogens is 1. The molecule has 0 aliphatic heterocycles. The van der Waals surface area contributed by atoms with Crippen molar-refractivity contribution in [2.24, 2.45) is 5.10 Å². The normalized spacial score (nSPS) is 11.9. The van der Waals surface area contributed by atoms with Gasteiger partial charge in [-0.3, -0.25) is 14.9 Å². The SMILES string of the molecule is CN(Cc1ccccc1)S(=O)(=O)c1ccc(C(=O)N(/N=C/c2ccc([N+](=O)[O-])o2)c2nc3ccc(Br)cc3s2)cc1. The number of hydrazone groups is 1. The molecule has 5 rings (SSSR count). The first kappa shape index (κ1) is 28.3. The van der Waals surface area contributed by atoms with Gasteiger partial charge in [0.1, 0.15) is 4.92 Å². The second kappa shape index (κ2) is 11.7. The van der Waals surface area contributed by atoms with Crippen molar-refractivity contribution in [3.8, 4) is 0 Å². The smallest absolute Gasteiger partial charge is 0.400 e. The maximum absolute atomic E-state index is 13.6. The Balaban J connectivity index is 1.44. The summed E-state index contributed by atoms with van der Waals surface area (Å²) in [5.74, 6) is -1.01. The van der Waals surface area contributed by atoms with Gasteiger partial charge >= 0.3 is 5.88 Å². The van der Waals surface area contributed by atoms with Crippen LogP contribution < -0.4 is 5.01 Å². The standard InChI is InChI=1S/C27H20BrN5O6S2/c1-31(17-18-5-3-2-4-6-18)41(37,38)22-11-7-19(8-12-22)26(34)32(29-16-21-10-14-25(39-21)33(35)36)27-30-23-13-9-20(28)15-24(23)40-27/h2-16H,17H2,1H3/b29-16+. The van der Waals surface area contributed by atoms with E-state index < -0.39 is 26.7 Å². The van der Waals surface area contributed by atoms with E-state index in [4.69, 9.17) is 4.42 Å². The van der Waals surface area contributed by atoms with Crippen LogP contribution >= 0.6 is 27.3 Å². The molecule has 208 valence electrons. The van der Waals surface area contributed by atoms with Crippen molar-refractivity contribution in [1.82, 2.24) is 9.29 Å². The topological polar surface area (TPSA) is 139 Å². The summed E-state index contributed by atoms with van der Waals surface area (Å²) >= 11 is 4.63. The summed E-state index contributed by atoms with van der Waals surface area (Å²) in [7, 11) is -2.34. The molecule has 0 saturated carbocycles. The highest BCUT2D eigenvalue weighted by molar-refractivity contribution is 9.10.